The first kappa shape index (κ1) is 13.4. The molecule has 0 saturated carbocycles. The third-order valence-corrected chi connectivity index (χ3v) is 3.80. The van der Waals surface area contributed by atoms with Crippen LogP contribution >= 0.6 is 22.6 Å². The average Bonchev–Trinajstić information content (AvgIpc) is 2.74. The Kier molecular flexibility index (Phi) is 3.94. The third-order valence-electron chi connectivity index (χ3n) is 3.17. The minimum atomic E-state index is -0.819. The quantitative estimate of drug-likeness (QED) is 0.788. The molecule has 0 bridgehead atoms. The van der Waals surface area contributed by atoms with E-state index in [0.717, 1.165) is 3.57 Å². The van der Waals surface area contributed by atoms with E-state index in [1.54, 1.807) is 17.2 Å². The second kappa shape index (κ2) is 5.29. The van der Waals surface area contributed by atoms with Gasteiger partial charge in [-0.15, -0.1) is 0 Å². The molecule has 0 radical (unpaired) electrons. The summed E-state index contributed by atoms with van der Waals surface area (Å²) in [7, 11) is 0. The number of aromatic amines is 1. The van der Waals surface area contributed by atoms with Crippen LogP contribution in [0.3, 0.4) is 0 Å². The van der Waals surface area contributed by atoms with Gasteiger partial charge in [0.15, 0.2) is 0 Å². The molecule has 5 nitrogen and oxygen atoms in total. The topological polar surface area (TPSA) is 73.4 Å². The van der Waals surface area contributed by atoms with Crippen LogP contribution in [-0.4, -0.2) is 40.0 Å². The lowest BCUT2D eigenvalue weighted by Crippen LogP contribution is -2.45. The van der Waals surface area contributed by atoms with Gasteiger partial charge >= 0.3 is 5.97 Å². The summed E-state index contributed by atoms with van der Waals surface area (Å²) in [5, 5.41) is 9.08. The zero-order valence-electron chi connectivity index (χ0n) is 10.0. The number of halogens is 1. The molecule has 2 atom stereocenters. The molecule has 1 saturated heterocycles. The van der Waals surface area contributed by atoms with Gasteiger partial charge in [0.2, 0.25) is 0 Å². The van der Waals surface area contributed by atoms with Crippen LogP contribution in [-0.2, 0) is 4.79 Å². The van der Waals surface area contributed by atoms with E-state index in [9.17, 15) is 9.59 Å². The van der Waals surface area contributed by atoms with E-state index in [0.29, 0.717) is 25.2 Å². The van der Waals surface area contributed by atoms with Gasteiger partial charge in [-0.3, -0.25) is 9.59 Å². The summed E-state index contributed by atoms with van der Waals surface area (Å²) in [5.74, 6) is -1.17. The lowest BCUT2D eigenvalue weighted by molar-refractivity contribution is -0.143. The summed E-state index contributed by atoms with van der Waals surface area (Å²) in [4.78, 5) is 27.8. The molecule has 6 heteroatoms. The SMILES string of the molecule is CC1CC(C(=O)O)CN(C(=O)c2cc(I)c[nH]2)C1. The highest BCUT2D eigenvalue weighted by atomic mass is 127. The largest absolute Gasteiger partial charge is 0.481 e. The van der Waals surface area contributed by atoms with E-state index in [2.05, 4.69) is 27.6 Å². The number of carbonyl (C=O) groups is 2. The molecule has 2 N–H and O–H groups in total. The van der Waals surface area contributed by atoms with Crippen molar-refractivity contribution in [2.75, 3.05) is 13.1 Å². The maximum absolute atomic E-state index is 12.2. The lowest BCUT2D eigenvalue weighted by Gasteiger charge is -2.34. The number of hydrogen-bond donors (Lipinski definition) is 2. The molecule has 0 aliphatic carbocycles. The molecule has 18 heavy (non-hydrogen) atoms. The van der Waals surface area contributed by atoms with Crippen molar-refractivity contribution in [2.24, 2.45) is 11.8 Å². The number of carboxylic acids is 1. The van der Waals surface area contributed by atoms with Crippen molar-refractivity contribution in [2.45, 2.75) is 13.3 Å². The normalized spacial score (nSPS) is 24.0. The second-order valence-corrected chi connectivity index (χ2v) is 6.06. The first-order valence-electron chi connectivity index (χ1n) is 5.83. The molecular formula is C12H15IN2O3. The maximum Gasteiger partial charge on any atom is 0.308 e. The van der Waals surface area contributed by atoms with Gasteiger partial charge in [0.25, 0.3) is 5.91 Å². The summed E-state index contributed by atoms with van der Waals surface area (Å²) in [6.45, 7) is 2.90. The summed E-state index contributed by atoms with van der Waals surface area (Å²) >= 11 is 2.13. The minimum Gasteiger partial charge on any atom is -0.481 e. The molecule has 2 heterocycles. The first-order chi connectivity index (χ1) is 8.47. The van der Waals surface area contributed by atoms with Crippen LogP contribution in [0.4, 0.5) is 0 Å². The number of aromatic nitrogens is 1. The highest BCUT2D eigenvalue weighted by Gasteiger charge is 2.32. The van der Waals surface area contributed by atoms with Crippen molar-refractivity contribution >= 4 is 34.5 Å². The van der Waals surface area contributed by atoms with Crippen LogP contribution in [0.5, 0.6) is 0 Å². The number of amides is 1. The van der Waals surface area contributed by atoms with Gasteiger partial charge in [-0.25, -0.2) is 0 Å². The smallest absolute Gasteiger partial charge is 0.308 e. The van der Waals surface area contributed by atoms with Crippen LogP contribution in [0.2, 0.25) is 0 Å². The third kappa shape index (κ3) is 2.85. The highest BCUT2D eigenvalue weighted by Crippen LogP contribution is 2.23. The number of carbonyl (C=O) groups excluding carboxylic acids is 1. The van der Waals surface area contributed by atoms with E-state index in [4.69, 9.17) is 5.11 Å². The Bertz CT molecular complexity index is 472. The van der Waals surface area contributed by atoms with Crippen molar-refractivity contribution in [3.8, 4) is 0 Å². The standard InChI is InChI=1S/C12H15IN2O3/c1-7-2-8(12(17)18)6-15(5-7)11(16)10-3-9(13)4-14-10/h3-4,7-8,14H,2,5-6H2,1H3,(H,17,18). The predicted molar refractivity (Wildman–Crippen MR) is 74.3 cm³/mol. The Balaban J connectivity index is 2.12. The van der Waals surface area contributed by atoms with Gasteiger partial charge < -0.3 is 15.0 Å². The van der Waals surface area contributed by atoms with Crippen LogP contribution in [0, 0.1) is 15.4 Å². The van der Waals surface area contributed by atoms with Crippen molar-refractivity contribution in [3.05, 3.63) is 21.5 Å². The Morgan fingerprint density at radius 1 is 1.50 bits per heavy atom. The van der Waals surface area contributed by atoms with Gasteiger partial charge in [-0.2, -0.15) is 0 Å². The van der Waals surface area contributed by atoms with Gasteiger partial charge in [0, 0.05) is 22.9 Å². The number of likely N-dealkylation sites (tertiary alicyclic amines) is 1. The summed E-state index contributed by atoms with van der Waals surface area (Å²) in [6.07, 6.45) is 2.40. The van der Waals surface area contributed by atoms with Gasteiger partial charge in [-0.1, -0.05) is 6.92 Å². The molecule has 2 unspecified atom stereocenters. The number of hydrogen-bond acceptors (Lipinski definition) is 2. The number of rotatable bonds is 2. The number of aliphatic carboxylic acids is 1. The number of nitrogens with one attached hydrogen (secondary N) is 1. The molecule has 1 amide bonds. The Labute approximate surface area is 119 Å². The van der Waals surface area contributed by atoms with Crippen LogP contribution < -0.4 is 0 Å². The molecule has 0 aromatic carbocycles. The van der Waals surface area contributed by atoms with Crippen LogP contribution in [0.25, 0.3) is 0 Å². The fraction of sp³-hybridized carbons (Fsp3) is 0.500. The first-order valence-corrected chi connectivity index (χ1v) is 6.91. The van der Waals surface area contributed by atoms with Gasteiger partial charge in [-0.05, 0) is 41.0 Å². The molecular weight excluding hydrogens is 347 g/mol. The van der Waals surface area contributed by atoms with Crippen molar-refractivity contribution < 1.29 is 14.7 Å². The van der Waals surface area contributed by atoms with Crippen LogP contribution in [0.1, 0.15) is 23.8 Å². The van der Waals surface area contributed by atoms with Crippen molar-refractivity contribution in [1.29, 1.82) is 0 Å². The number of H-pyrrole nitrogens is 1. The average molecular weight is 362 g/mol. The maximum atomic E-state index is 12.2. The van der Waals surface area contributed by atoms with E-state index in [1.807, 2.05) is 6.92 Å². The monoisotopic (exact) mass is 362 g/mol. The number of carboxylic acid groups (broad SMARTS) is 1. The molecule has 0 spiro atoms. The lowest BCUT2D eigenvalue weighted by atomic mass is 9.90. The number of piperidine rings is 1. The Hall–Kier alpha value is -1.05. The minimum absolute atomic E-state index is 0.115. The van der Waals surface area contributed by atoms with Crippen LogP contribution in [0.15, 0.2) is 12.3 Å². The Morgan fingerprint density at radius 2 is 2.22 bits per heavy atom. The summed E-state index contributed by atoms with van der Waals surface area (Å²) in [5.41, 5.74) is 0.526. The predicted octanol–water partition coefficient (Wildman–Crippen LogP) is 1.80. The fourth-order valence-electron chi connectivity index (χ4n) is 2.36. The molecule has 1 aliphatic rings. The zero-order chi connectivity index (χ0) is 13.3. The van der Waals surface area contributed by atoms with Crippen molar-refractivity contribution in [1.82, 2.24) is 9.88 Å². The van der Waals surface area contributed by atoms with E-state index >= 15 is 0 Å². The van der Waals surface area contributed by atoms with E-state index < -0.39 is 11.9 Å². The van der Waals surface area contributed by atoms with Gasteiger partial charge in [0.05, 0.1) is 5.92 Å². The van der Waals surface area contributed by atoms with E-state index in [1.165, 1.54) is 0 Å². The molecule has 1 fully saturated rings. The highest BCUT2D eigenvalue weighted by molar-refractivity contribution is 14.1. The Morgan fingerprint density at radius 3 is 2.78 bits per heavy atom. The molecule has 1 aliphatic heterocycles. The zero-order valence-corrected chi connectivity index (χ0v) is 12.2. The van der Waals surface area contributed by atoms with E-state index in [-0.39, 0.29) is 11.8 Å². The molecule has 1 aromatic heterocycles. The molecule has 98 valence electrons. The summed E-state index contributed by atoms with van der Waals surface area (Å²) < 4.78 is 0.968. The van der Waals surface area contributed by atoms with Crippen molar-refractivity contribution in [3.63, 3.8) is 0 Å². The van der Waals surface area contributed by atoms with Gasteiger partial charge in [0.1, 0.15) is 5.69 Å². The molecule has 2 rings (SSSR count). The number of nitrogens with zero attached hydrogens (tertiary/aromatic N) is 1. The summed E-state index contributed by atoms with van der Waals surface area (Å²) in [6, 6.07) is 1.78. The second-order valence-electron chi connectivity index (χ2n) is 4.82. The molecule has 1 aromatic rings. The fourth-order valence-corrected chi connectivity index (χ4v) is 2.83.